The van der Waals surface area contributed by atoms with Crippen LogP contribution in [0.5, 0.6) is 5.75 Å². The fraction of sp³-hybridized carbons (Fsp3) is 0.105. The van der Waals surface area contributed by atoms with E-state index < -0.39 is 13.7 Å². The third kappa shape index (κ3) is 3.67. The van der Waals surface area contributed by atoms with E-state index >= 15 is 0 Å². The first kappa shape index (κ1) is 19.7. The summed E-state index contributed by atoms with van der Waals surface area (Å²) < 4.78 is 31.7. The zero-order valence-electron chi connectivity index (χ0n) is 15.7. The van der Waals surface area contributed by atoms with Gasteiger partial charge in [-0.3, -0.25) is 0 Å². The number of rotatable bonds is 6. The molecular formula is C19H16BF2N5O3. The molecule has 0 fully saturated rings. The van der Waals surface area contributed by atoms with Crippen molar-refractivity contribution in [1.29, 1.82) is 0 Å². The van der Waals surface area contributed by atoms with Crippen molar-refractivity contribution in [2.24, 2.45) is 0 Å². The number of ether oxygens (including phenoxy) is 1. The number of nitrogens with one attached hydrogen (secondary N) is 1. The molecule has 2 heterocycles. The van der Waals surface area contributed by atoms with E-state index in [0.29, 0.717) is 22.3 Å². The Hall–Kier alpha value is -3.57. The molecule has 3 N–H and O–H groups in total. The van der Waals surface area contributed by atoms with Crippen molar-refractivity contribution in [3.05, 3.63) is 55.0 Å². The van der Waals surface area contributed by atoms with Gasteiger partial charge in [-0.15, -0.1) is 0 Å². The first-order valence-corrected chi connectivity index (χ1v) is 8.90. The second-order valence-corrected chi connectivity index (χ2v) is 6.35. The molecule has 0 aliphatic carbocycles. The number of halogens is 2. The maximum absolute atomic E-state index is 12.9. The molecule has 8 nitrogen and oxygen atoms in total. The summed E-state index contributed by atoms with van der Waals surface area (Å²) >= 11 is 0. The smallest absolute Gasteiger partial charge is 0.435 e. The summed E-state index contributed by atoms with van der Waals surface area (Å²) in [6.07, 6.45) is 4.78. The van der Waals surface area contributed by atoms with E-state index in [-0.39, 0.29) is 11.2 Å². The molecule has 0 aliphatic heterocycles. The number of hydrogen-bond acceptors (Lipinski definition) is 7. The Bertz CT molecular complexity index is 1190. The number of fused-ring (bicyclic) bond motifs is 1. The molecule has 0 saturated carbocycles. The summed E-state index contributed by atoms with van der Waals surface area (Å²) in [5.41, 5.74) is 2.78. The number of aromatic nitrogens is 4. The zero-order chi connectivity index (χ0) is 21.3. The Labute approximate surface area is 169 Å². The molecule has 4 rings (SSSR count). The van der Waals surface area contributed by atoms with Crippen LogP contribution >= 0.6 is 0 Å². The fourth-order valence-electron chi connectivity index (χ4n) is 3.24. The molecule has 2 aromatic heterocycles. The predicted octanol–water partition coefficient (Wildman–Crippen LogP) is 1.81. The van der Waals surface area contributed by atoms with Crippen LogP contribution in [0, 0.1) is 0 Å². The molecule has 30 heavy (non-hydrogen) atoms. The average Bonchev–Trinajstić information content (AvgIpc) is 3.26. The van der Waals surface area contributed by atoms with Crippen molar-refractivity contribution in [3.8, 4) is 22.6 Å². The monoisotopic (exact) mass is 411 g/mol. The van der Waals surface area contributed by atoms with Gasteiger partial charge in [0.15, 0.2) is 0 Å². The molecule has 2 aromatic carbocycles. The highest BCUT2D eigenvalue weighted by Gasteiger charge is 2.24. The minimum absolute atomic E-state index is 0.198. The summed E-state index contributed by atoms with van der Waals surface area (Å²) in [6.45, 7) is -3.13. The van der Waals surface area contributed by atoms with E-state index in [0.717, 1.165) is 11.1 Å². The van der Waals surface area contributed by atoms with Crippen LogP contribution < -0.4 is 15.5 Å². The Morgan fingerprint density at radius 3 is 2.70 bits per heavy atom. The zero-order valence-corrected chi connectivity index (χ0v) is 15.7. The third-order valence-electron chi connectivity index (χ3n) is 4.59. The third-order valence-corrected chi connectivity index (χ3v) is 4.59. The van der Waals surface area contributed by atoms with E-state index in [9.17, 15) is 18.8 Å². The summed E-state index contributed by atoms with van der Waals surface area (Å²) in [7, 11) is -0.239. The van der Waals surface area contributed by atoms with E-state index in [2.05, 4.69) is 25.3 Å². The first-order valence-electron chi connectivity index (χ1n) is 8.90. The number of hydrogen-bond donors (Lipinski definition) is 3. The highest BCUT2D eigenvalue weighted by molar-refractivity contribution is 6.60. The lowest BCUT2D eigenvalue weighted by Gasteiger charge is -2.17. The number of nitrogens with zero attached hydrogens (tertiary/aromatic N) is 4. The van der Waals surface area contributed by atoms with E-state index in [1.807, 2.05) is 12.1 Å². The van der Waals surface area contributed by atoms with Crippen LogP contribution in [-0.2, 0) is 0 Å². The standard InChI is InChI=1S/C19H16BF2N5O3/c1-23-16-10-24-26-15-7-11(3-4-12(15)16)13-8-14(20(28)29)18(30-19(21)22)9-17(13)27-6-2-5-25-27/h2-10,19,28-29H,1H3,(H,23,26). The molecular weight excluding hydrogens is 395 g/mol. The van der Waals surface area contributed by atoms with Crippen LogP contribution in [-0.4, -0.2) is 50.8 Å². The molecule has 0 unspecified atom stereocenters. The molecule has 11 heteroatoms. The van der Waals surface area contributed by atoms with Gasteiger partial charge in [-0.1, -0.05) is 6.07 Å². The Morgan fingerprint density at radius 2 is 2.03 bits per heavy atom. The molecule has 0 amide bonds. The topological polar surface area (TPSA) is 105 Å². The lowest BCUT2D eigenvalue weighted by Crippen LogP contribution is -2.32. The van der Waals surface area contributed by atoms with Gasteiger partial charge in [0, 0.05) is 41.9 Å². The van der Waals surface area contributed by atoms with Crippen LogP contribution in [0.2, 0.25) is 0 Å². The van der Waals surface area contributed by atoms with Crippen molar-refractivity contribution in [2.45, 2.75) is 6.61 Å². The van der Waals surface area contributed by atoms with E-state index in [1.54, 1.807) is 31.6 Å². The summed E-state index contributed by atoms with van der Waals surface area (Å²) in [5, 5.41) is 35.6. The Kier molecular flexibility index (Phi) is 5.30. The highest BCUT2D eigenvalue weighted by atomic mass is 19.3. The second-order valence-electron chi connectivity index (χ2n) is 6.35. The van der Waals surface area contributed by atoms with Crippen LogP contribution in [0.1, 0.15) is 0 Å². The van der Waals surface area contributed by atoms with Crippen molar-refractivity contribution in [3.63, 3.8) is 0 Å². The minimum atomic E-state index is -3.13. The van der Waals surface area contributed by atoms with Gasteiger partial charge in [0.25, 0.3) is 0 Å². The van der Waals surface area contributed by atoms with Gasteiger partial charge in [0.1, 0.15) is 5.75 Å². The molecule has 4 aromatic rings. The lowest BCUT2D eigenvalue weighted by atomic mass is 9.77. The molecule has 0 radical (unpaired) electrons. The van der Waals surface area contributed by atoms with Gasteiger partial charge in [0.2, 0.25) is 0 Å². The van der Waals surface area contributed by atoms with Gasteiger partial charge < -0.3 is 20.1 Å². The molecule has 0 aliphatic rings. The second kappa shape index (κ2) is 8.05. The van der Waals surface area contributed by atoms with Gasteiger partial charge in [0.05, 0.1) is 23.1 Å². The van der Waals surface area contributed by atoms with Gasteiger partial charge in [-0.05, 0) is 29.8 Å². The molecule has 152 valence electrons. The molecule has 0 atom stereocenters. The van der Waals surface area contributed by atoms with E-state index in [4.69, 9.17) is 0 Å². The van der Waals surface area contributed by atoms with Crippen molar-refractivity contribution >= 4 is 29.2 Å². The Morgan fingerprint density at radius 1 is 1.20 bits per heavy atom. The maximum atomic E-state index is 12.9. The van der Waals surface area contributed by atoms with Crippen molar-refractivity contribution in [2.75, 3.05) is 12.4 Å². The molecule has 0 saturated heterocycles. The number of alkyl halides is 2. The average molecular weight is 411 g/mol. The minimum Gasteiger partial charge on any atom is -0.435 e. The maximum Gasteiger partial charge on any atom is 0.492 e. The van der Waals surface area contributed by atoms with Gasteiger partial charge in [-0.2, -0.15) is 24.1 Å². The van der Waals surface area contributed by atoms with Crippen LogP contribution in [0.4, 0.5) is 14.5 Å². The lowest BCUT2D eigenvalue weighted by molar-refractivity contribution is -0.0492. The van der Waals surface area contributed by atoms with Gasteiger partial charge >= 0.3 is 13.7 Å². The normalized spacial score (nSPS) is 11.1. The Balaban J connectivity index is 1.96. The van der Waals surface area contributed by atoms with Crippen LogP contribution in [0.15, 0.2) is 55.0 Å². The first-order chi connectivity index (χ1) is 14.5. The van der Waals surface area contributed by atoms with Crippen molar-refractivity contribution < 1.29 is 23.6 Å². The predicted molar refractivity (Wildman–Crippen MR) is 108 cm³/mol. The van der Waals surface area contributed by atoms with E-state index in [1.165, 1.54) is 23.0 Å². The highest BCUT2D eigenvalue weighted by Crippen LogP contribution is 2.32. The molecule has 0 bridgehead atoms. The van der Waals surface area contributed by atoms with Crippen LogP contribution in [0.3, 0.4) is 0 Å². The largest absolute Gasteiger partial charge is 0.492 e. The summed E-state index contributed by atoms with van der Waals surface area (Å²) in [5.74, 6) is -0.354. The SMILES string of the molecule is CNc1cnnc2cc(-c3cc(B(O)O)c(OC(F)F)cc3-n3cccn3)ccc12. The van der Waals surface area contributed by atoms with Crippen LogP contribution in [0.25, 0.3) is 27.7 Å². The molecule has 0 spiro atoms. The van der Waals surface area contributed by atoms with Gasteiger partial charge in [-0.25, -0.2) is 4.68 Å². The van der Waals surface area contributed by atoms with Crippen molar-refractivity contribution in [1.82, 2.24) is 20.0 Å². The summed E-state index contributed by atoms with van der Waals surface area (Å²) in [6, 6.07) is 9.79. The quantitative estimate of drug-likeness (QED) is 0.416. The number of benzene rings is 2. The fourth-order valence-corrected chi connectivity index (χ4v) is 3.24. The summed E-state index contributed by atoms with van der Waals surface area (Å²) in [4.78, 5) is 0. The number of anilines is 1.